The lowest BCUT2D eigenvalue weighted by Gasteiger charge is -2.15. The lowest BCUT2D eigenvalue weighted by molar-refractivity contribution is 0.402. The zero-order chi connectivity index (χ0) is 16.9. The number of methoxy groups -OCH3 is 2. The number of hydrogen-bond acceptors (Lipinski definition) is 4. The number of nitrogens with one attached hydrogen (secondary N) is 1. The molecule has 23 heavy (non-hydrogen) atoms. The molecule has 2 aromatic carbocycles. The molecule has 0 fully saturated rings. The molecule has 0 aliphatic heterocycles. The molecule has 0 amide bonds. The van der Waals surface area contributed by atoms with Crippen LogP contribution in [0.4, 0.5) is 5.69 Å². The van der Waals surface area contributed by atoms with Gasteiger partial charge in [-0.15, -0.1) is 0 Å². The summed E-state index contributed by atoms with van der Waals surface area (Å²) in [6, 6.07) is 12.9. The van der Waals surface area contributed by atoms with Crippen molar-refractivity contribution in [1.29, 1.82) is 0 Å². The Balaban J connectivity index is 2.16. The lowest BCUT2D eigenvalue weighted by Crippen LogP contribution is -2.18. The van der Waals surface area contributed by atoms with E-state index in [9.17, 15) is 8.42 Å². The van der Waals surface area contributed by atoms with Crippen LogP contribution in [0.1, 0.15) is 11.1 Å². The fraction of sp³-hybridized carbons (Fsp3) is 0.294. The number of sulfonamides is 1. The van der Waals surface area contributed by atoms with E-state index in [4.69, 9.17) is 9.47 Å². The van der Waals surface area contributed by atoms with Crippen molar-refractivity contribution < 1.29 is 17.9 Å². The van der Waals surface area contributed by atoms with Crippen LogP contribution in [-0.4, -0.2) is 28.4 Å². The van der Waals surface area contributed by atoms with E-state index in [-0.39, 0.29) is 5.75 Å². The Morgan fingerprint density at radius 1 is 1.00 bits per heavy atom. The maximum absolute atomic E-state index is 12.3. The molecule has 6 heteroatoms. The maximum Gasteiger partial charge on any atom is 0.233 e. The van der Waals surface area contributed by atoms with Gasteiger partial charge in [-0.25, -0.2) is 8.42 Å². The smallest absolute Gasteiger partial charge is 0.233 e. The summed E-state index contributed by atoms with van der Waals surface area (Å²) >= 11 is 0. The first-order valence-electron chi connectivity index (χ1n) is 7.22. The Labute approximate surface area is 137 Å². The lowest BCUT2D eigenvalue weighted by atomic mass is 10.2. The van der Waals surface area contributed by atoms with Gasteiger partial charge in [-0.3, -0.25) is 4.72 Å². The van der Waals surface area contributed by atoms with E-state index in [1.807, 2.05) is 37.3 Å². The Bertz CT molecular complexity index is 758. The number of hydrogen-bond donors (Lipinski definition) is 1. The van der Waals surface area contributed by atoms with Crippen molar-refractivity contribution in [2.45, 2.75) is 13.3 Å². The molecule has 0 unspecified atom stereocenters. The molecule has 0 atom stereocenters. The molecule has 124 valence electrons. The van der Waals surface area contributed by atoms with Gasteiger partial charge >= 0.3 is 0 Å². The molecule has 2 aromatic rings. The van der Waals surface area contributed by atoms with E-state index < -0.39 is 10.0 Å². The van der Waals surface area contributed by atoms with Crippen molar-refractivity contribution >= 4 is 15.7 Å². The first-order valence-corrected chi connectivity index (χ1v) is 8.87. The monoisotopic (exact) mass is 335 g/mol. The van der Waals surface area contributed by atoms with Gasteiger partial charge in [-0.2, -0.15) is 0 Å². The van der Waals surface area contributed by atoms with Crippen molar-refractivity contribution in [3.8, 4) is 11.5 Å². The summed E-state index contributed by atoms with van der Waals surface area (Å²) in [7, 11) is -0.442. The predicted molar refractivity (Wildman–Crippen MR) is 91.8 cm³/mol. The maximum atomic E-state index is 12.3. The Hall–Kier alpha value is -2.21. The van der Waals surface area contributed by atoms with Crippen LogP contribution in [0.2, 0.25) is 0 Å². The summed E-state index contributed by atoms with van der Waals surface area (Å²) in [6.45, 7) is 1.87. The minimum Gasteiger partial charge on any atom is -0.496 e. The van der Waals surface area contributed by atoms with Crippen LogP contribution in [0.25, 0.3) is 0 Å². The summed E-state index contributed by atoms with van der Waals surface area (Å²) in [5.74, 6) is 1.06. The van der Waals surface area contributed by atoms with Crippen LogP contribution in [-0.2, 0) is 16.4 Å². The summed E-state index contributed by atoms with van der Waals surface area (Å²) in [6.07, 6.45) is 0.446. The third-order valence-electron chi connectivity index (χ3n) is 3.48. The first kappa shape index (κ1) is 17.1. The van der Waals surface area contributed by atoms with Crippen LogP contribution in [0.15, 0.2) is 42.5 Å². The molecule has 0 bridgehead atoms. The average molecular weight is 335 g/mol. The molecule has 0 aliphatic rings. The topological polar surface area (TPSA) is 64.6 Å². The third-order valence-corrected chi connectivity index (χ3v) is 4.76. The third kappa shape index (κ3) is 4.63. The number of benzene rings is 2. The highest BCUT2D eigenvalue weighted by Crippen LogP contribution is 2.33. The second-order valence-corrected chi connectivity index (χ2v) is 7.02. The average Bonchev–Trinajstić information content (AvgIpc) is 2.55. The van der Waals surface area contributed by atoms with Crippen molar-refractivity contribution in [2.75, 3.05) is 24.7 Å². The number of rotatable bonds is 7. The van der Waals surface area contributed by atoms with Crippen molar-refractivity contribution in [3.63, 3.8) is 0 Å². The zero-order valence-corrected chi connectivity index (χ0v) is 14.3. The molecule has 0 spiro atoms. The Morgan fingerprint density at radius 2 is 1.65 bits per heavy atom. The molecule has 0 saturated heterocycles. The van der Waals surface area contributed by atoms with Gasteiger partial charge < -0.3 is 9.47 Å². The Kier molecular flexibility index (Phi) is 5.50. The summed E-state index contributed by atoms with van der Waals surface area (Å²) in [5, 5.41) is 0. The van der Waals surface area contributed by atoms with Crippen LogP contribution in [0.5, 0.6) is 11.5 Å². The van der Waals surface area contributed by atoms with Gasteiger partial charge in [0.2, 0.25) is 10.0 Å². The van der Waals surface area contributed by atoms with Crippen molar-refractivity contribution in [3.05, 3.63) is 53.6 Å². The van der Waals surface area contributed by atoms with E-state index in [1.54, 1.807) is 19.2 Å². The fourth-order valence-electron chi connectivity index (χ4n) is 2.25. The molecule has 1 N–H and O–H groups in total. The molecule has 0 aliphatic carbocycles. The highest BCUT2D eigenvalue weighted by molar-refractivity contribution is 7.92. The van der Waals surface area contributed by atoms with Gasteiger partial charge in [0.1, 0.15) is 11.5 Å². The van der Waals surface area contributed by atoms with Gasteiger partial charge in [0.05, 0.1) is 25.7 Å². The molecule has 5 nitrogen and oxygen atoms in total. The minimum atomic E-state index is -3.49. The van der Waals surface area contributed by atoms with Gasteiger partial charge in [-0.05, 0) is 30.5 Å². The Morgan fingerprint density at radius 3 is 2.26 bits per heavy atom. The first-order chi connectivity index (χ1) is 10.9. The SMILES string of the molecule is COc1cc(NS(=O)(=O)CCc2ccccc2)c(OC)cc1C. The van der Waals surface area contributed by atoms with Gasteiger partial charge in [0.25, 0.3) is 0 Å². The van der Waals surface area contributed by atoms with E-state index in [0.29, 0.717) is 23.6 Å². The standard InChI is InChI=1S/C17H21NO4S/c1-13-11-17(22-3)15(12-16(13)21-2)18-23(19,20)10-9-14-7-5-4-6-8-14/h4-8,11-12,18H,9-10H2,1-3H3. The largest absolute Gasteiger partial charge is 0.496 e. The number of ether oxygens (including phenoxy) is 2. The number of aryl methyl sites for hydroxylation is 2. The van der Waals surface area contributed by atoms with E-state index in [1.165, 1.54) is 7.11 Å². The van der Waals surface area contributed by atoms with Crippen LogP contribution in [0.3, 0.4) is 0 Å². The molecule has 0 aromatic heterocycles. The summed E-state index contributed by atoms with van der Waals surface area (Å²) < 4.78 is 37.7. The fourth-order valence-corrected chi connectivity index (χ4v) is 3.35. The molecule has 0 radical (unpaired) electrons. The highest BCUT2D eigenvalue weighted by Gasteiger charge is 2.16. The number of anilines is 1. The van der Waals surface area contributed by atoms with Crippen LogP contribution in [0, 0.1) is 6.92 Å². The quantitative estimate of drug-likeness (QED) is 0.845. The molecular formula is C17H21NO4S. The van der Waals surface area contributed by atoms with Crippen molar-refractivity contribution in [1.82, 2.24) is 0 Å². The zero-order valence-electron chi connectivity index (χ0n) is 13.5. The normalized spacial score (nSPS) is 11.1. The van der Waals surface area contributed by atoms with E-state index >= 15 is 0 Å². The molecule has 0 saturated carbocycles. The molecule has 0 heterocycles. The predicted octanol–water partition coefficient (Wildman–Crippen LogP) is 3.00. The van der Waals surface area contributed by atoms with E-state index in [2.05, 4.69) is 4.72 Å². The van der Waals surface area contributed by atoms with Crippen LogP contribution >= 0.6 is 0 Å². The van der Waals surface area contributed by atoms with Gasteiger partial charge in [0, 0.05) is 6.07 Å². The van der Waals surface area contributed by atoms with Crippen molar-refractivity contribution in [2.24, 2.45) is 0 Å². The van der Waals surface area contributed by atoms with Gasteiger partial charge in [-0.1, -0.05) is 30.3 Å². The van der Waals surface area contributed by atoms with E-state index in [0.717, 1.165) is 11.1 Å². The summed E-state index contributed by atoms with van der Waals surface area (Å²) in [5.41, 5.74) is 2.23. The second kappa shape index (κ2) is 7.37. The second-order valence-electron chi connectivity index (χ2n) is 5.18. The summed E-state index contributed by atoms with van der Waals surface area (Å²) in [4.78, 5) is 0. The van der Waals surface area contributed by atoms with Crippen LogP contribution < -0.4 is 14.2 Å². The molecule has 2 rings (SSSR count). The highest BCUT2D eigenvalue weighted by atomic mass is 32.2. The molecular weight excluding hydrogens is 314 g/mol. The minimum absolute atomic E-state index is 0.00361. The van der Waals surface area contributed by atoms with Gasteiger partial charge in [0.15, 0.2) is 0 Å².